The molecule has 2 amide bonds. The molecule has 0 spiro atoms. The van der Waals surface area contributed by atoms with E-state index in [1.54, 1.807) is 35.8 Å². The number of ether oxygens (including phenoxy) is 1. The van der Waals surface area contributed by atoms with Crippen molar-refractivity contribution < 1.29 is 50.2 Å². The summed E-state index contributed by atoms with van der Waals surface area (Å²) in [6.07, 6.45) is -2.37. The molecule has 12 nitrogen and oxygen atoms in total. The zero-order valence-electron chi connectivity index (χ0n) is 33.5. The van der Waals surface area contributed by atoms with Crippen molar-refractivity contribution in [2.75, 3.05) is 31.6 Å². The molecule has 1 aromatic heterocycles. The number of carbonyl (C=O) groups excluding carboxylic acids is 2. The number of methoxy groups -OCH3 is 1. The minimum atomic E-state index is -4.98. The van der Waals surface area contributed by atoms with E-state index < -0.39 is 84.3 Å². The smallest absolute Gasteiger partial charge is 0.407 e. The van der Waals surface area contributed by atoms with Crippen LogP contribution in [0.1, 0.15) is 54.5 Å². The summed E-state index contributed by atoms with van der Waals surface area (Å²) in [7, 11) is 0.912. The van der Waals surface area contributed by atoms with E-state index in [1.165, 1.54) is 0 Å². The first kappa shape index (κ1) is 46.4. The molecule has 5 rings (SSSR count). The number of fused-ring (bicyclic) bond motifs is 2. The molecule has 2 saturated heterocycles. The summed E-state index contributed by atoms with van der Waals surface area (Å²) in [6.45, 7) is -0.639. The number of halogens is 7. The Morgan fingerprint density at radius 2 is 1.64 bits per heavy atom. The molecule has 2 unspecified atom stereocenters. The Labute approximate surface area is 348 Å². The van der Waals surface area contributed by atoms with E-state index in [2.05, 4.69) is 42.4 Å². The van der Waals surface area contributed by atoms with Crippen LogP contribution < -0.4 is 31.5 Å². The average molecular weight is 861 g/mol. The Hall–Kier alpha value is -5.71. The average Bonchev–Trinajstić information content (AvgIpc) is 3.55. The highest BCUT2D eigenvalue weighted by molar-refractivity contribution is 6.06. The van der Waals surface area contributed by atoms with Gasteiger partial charge in [0.1, 0.15) is 23.5 Å². The number of carbonyl (C=O) groups is 2. The summed E-state index contributed by atoms with van der Waals surface area (Å²) in [6, 6.07) is 9.53. The highest BCUT2D eigenvalue weighted by Crippen LogP contribution is 2.40. The molecular weight excluding hydrogens is 814 g/mol. The maximum atomic E-state index is 15.0. The molecule has 3 heterocycles. The van der Waals surface area contributed by atoms with Gasteiger partial charge in [0.25, 0.3) is 0 Å². The number of hydrogen-bond acceptors (Lipinski definition) is 10. The van der Waals surface area contributed by atoms with E-state index in [-0.39, 0.29) is 12.0 Å². The lowest BCUT2D eigenvalue weighted by atomic mass is 9.82. The molecule has 61 heavy (non-hydrogen) atoms. The molecule has 328 valence electrons. The Morgan fingerprint density at radius 1 is 1.02 bits per heavy atom. The van der Waals surface area contributed by atoms with E-state index in [1.807, 2.05) is 17.4 Å². The number of aromatic nitrogens is 1. The predicted molar refractivity (Wildman–Crippen MR) is 213 cm³/mol. The summed E-state index contributed by atoms with van der Waals surface area (Å²) in [4.78, 5) is 32.5. The van der Waals surface area contributed by atoms with E-state index in [4.69, 9.17) is 5.41 Å². The van der Waals surface area contributed by atoms with Crippen molar-refractivity contribution in [3.8, 4) is 11.8 Å². The number of amides is 2. The van der Waals surface area contributed by atoms with Crippen molar-refractivity contribution in [1.29, 1.82) is 5.41 Å². The largest absolute Gasteiger partial charge is 0.453 e. The quantitative estimate of drug-likeness (QED) is 0.0461. The normalized spacial score (nSPS) is 17.9. The molecule has 7 N–H and O–H groups in total. The molecule has 0 aliphatic carbocycles. The number of rotatable bonds is 16. The number of aliphatic hydroxyl groups is 1. The molecule has 2 bridgehead atoms. The second-order valence-electron chi connectivity index (χ2n) is 15.3. The maximum Gasteiger partial charge on any atom is 0.407 e. The third-order valence-corrected chi connectivity index (χ3v) is 10.6. The van der Waals surface area contributed by atoms with Crippen molar-refractivity contribution >= 4 is 23.5 Å². The molecule has 2 aromatic carbocycles. The van der Waals surface area contributed by atoms with Crippen LogP contribution >= 0.6 is 0 Å². The van der Waals surface area contributed by atoms with Crippen LogP contribution in [0.25, 0.3) is 0 Å². The number of aliphatic hydroxyl groups excluding tert-OH is 1. The molecule has 19 heteroatoms. The van der Waals surface area contributed by atoms with Crippen molar-refractivity contribution in [3.63, 3.8) is 0 Å². The third-order valence-electron chi connectivity index (χ3n) is 10.6. The topological polar surface area (TPSA) is 164 Å². The van der Waals surface area contributed by atoms with Crippen LogP contribution in [0.15, 0.2) is 67.0 Å². The molecule has 0 saturated carbocycles. The number of nitrogens with zero attached hydrogens (tertiary/aromatic N) is 2. The summed E-state index contributed by atoms with van der Waals surface area (Å²) in [5, 5.41) is 31.5. The lowest BCUT2D eigenvalue weighted by Crippen LogP contribution is -2.62. The molecule has 5 atom stereocenters. The van der Waals surface area contributed by atoms with Gasteiger partial charge >= 0.3 is 18.8 Å². The van der Waals surface area contributed by atoms with Crippen molar-refractivity contribution in [2.45, 2.75) is 82.7 Å². The van der Waals surface area contributed by atoms with Gasteiger partial charge in [0.05, 0.1) is 30.4 Å². The standard InChI is InChI=1S/C42H47F7N8O4/c1-41(2,42(47,48)49)37(56-40(60)61-3)38(59)55-34(35(58)21-51-20-30-31(43)17-27(18-32(30)44)33(50)14-15-52-39(45)46)16-25-7-4-24(5-8-25)6-9-26-10-13-36(53-19-26)57-22-28-11-12-29(23-57)54-28/h4-5,7-8,10,13-15,17-19,28-29,34-35,37,39,50-52,54,58H,11-12,16,20-23H2,1-3H3,(H,55,59)(H,56,60)/b15-14-,50-33?/t28?,29?,34-,35-,37+/m0/s1. The second kappa shape index (κ2) is 20.2. The lowest BCUT2D eigenvalue weighted by Gasteiger charge is -2.36. The Kier molecular flexibility index (Phi) is 15.4. The van der Waals surface area contributed by atoms with Crippen LogP contribution in [-0.2, 0) is 22.5 Å². The fourth-order valence-electron chi connectivity index (χ4n) is 6.93. The molecule has 2 aliphatic heterocycles. The number of pyridine rings is 1. The van der Waals surface area contributed by atoms with Gasteiger partial charge in [0.2, 0.25) is 5.91 Å². The second-order valence-corrected chi connectivity index (χ2v) is 15.3. The number of nitrogens with one attached hydrogen (secondary N) is 6. The van der Waals surface area contributed by atoms with Crippen LogP contribution in [0.5, 0.6) is 0 Å². The first-order valence-electron chi connectivity index (χ1n) is 19.3. The van der Waals surface area contributed by atoms with E-state index >= 15 is 0 Å². The van der Waals surface area contributed by atoms with Gasteiger partial charge < -0.3 is 46.7 Å². The summed E-state index contributed by atoms with van der Waals surface area (Å²) in [5.41, 5.74) is -2.20. The molecule has 2 fully saturated rings. The number of piperazine rings is 1. The van der Waals surface area contributed by atoms with Gasteiger partial charge in [0.15, 0.2) is 0 Å². The zero-order chi connectivity index (χ0) is 44.5. The number of benzene rings is 2. The van der Waals surface area contributed by atoms with Gasteiger partial charge in [-0.3, -0.25) is 4.79 Å². The monoisotopic (exact) mass is 860 g/mol. The fourth-order valence-corrected chi connectivity index (χ4v) is 6.93. The molecule has 3 aromatic rings. The van der Waals surface area contributed by atoms with Crippen molar-refractivity contribution in [1.82, 2.24) is 31.6 Å². The Bertz CT molecular complexity index is 2070. The highest BCUT2D eigenvalue weighted by Gasteiger charge is 2.56. The minimum Gasteiger partial charge on any atom is -0.453 e. The van der Waals surface area contributed by atoms with Gasteiger partial charge in [-0.15, -0.1) is 0 Å². The summed E-state index contributed by atoms with van der Waals surface area (Å²) >= 11 is 0. The van der Waals surface area contributed by atoms with Crippen LogP contribution in [0.3, 0.4) is 0 Å². The van der Waals surface area contributed by atoms with Gasteiger partial charge in [-0.1, -0.05) is 24.0 Å². The van der Waals surface area contributed by atoms with Crippen LogP contribution in [0, 0.1) is 34.3 Å². The summed E-state index contributed by atoms with van der Waals surface area (Å²) in [5.74, 6) is 3.53. The Morgan fingerprint density at radius 3 is 2.21 bits per heavy atom. The van der Waals surface area contributed by atoms with Crippen LogP contribution in [-0.4, -0.2) is 97.5 Å². The first-order chi connectivity index (χ1) is 28.8. The van der Waals surface area contributed by atoms with E-state index in [0.717, 1.165) is 63.3 Å². The molecule has 0 radical (unpaired) electrons. The van der Waals surface area contributed by atoms with Gasteiger partial charge in [-0.25, -0.2) is 18.6 Å². The SMILES string of the molecule is COC(=O)N[C@H](C(=O)N[C@@H](Cc1ccc(C#Cc2ccc(N3CC4CCC(C3)N4)nc2)cc1)[C@@H](O)CNCc1c(F)cc(C(=N)/C=C\NC(F)F)cc1F)C(C)(C)C(F)(F)F. The molecular formula is C42H47F7N8O4. The van der Waals surface area contributed by atoms with E-state index in [0.29, 0.717) is 42.6 Å². The first-order valence-corrected chi connectivity index (χ1v) is 19.3. The van der Waals surface area contributed by atoms with E-state index in [9.17, 15) is 45.4 Å². The Balaban J connectivity index is 1.29. The van der Waals surface area contributed by atoms with Gasteiger partial charge in [0, 0.05) is 72.9 Å². The third kappa shape index (κ3) is 12.4. The van der Waals surface area contributed by atoms with Crippen molar-refractivity contribution in [3.05, 3.63) is 106 Å². The number of anilines is 1. The maximum absolute atomic E-state index is 15.0. The highest BCUT2D eigenvalue weighted by atomic mass is 19.4. The number of alkyl halides is 5. The predicted octanol–water partition coefficient (Wildman–Crippen LogP) is 4.89. The number of alkyl carbamates (subject to hydrolysis) is 1. The lowest BCUT2D eigenvalue weighted by molar-refractivity contribution is -0.220. The van der Waals surface area contributed by atoms with Crippen LogP contribution in [0.2, 0.25) is 0 Å². The molecule has 2 aliphatic rings. The number of hydrogen-bond donors (Lipinski definition) is 7. The van der Waals surface area contributed by atoms with Crippen molar-refractivity contribution in [2.24, 2.45) is 5.41 Å². The van der Waals surface area contributed by atoms with Gasteiger partial charge in [-0.2, -0.15) is 22.0 Å². The fraction of sp³-hybridized carbons (Fsp3) is 0.429. The number of allylic oxidation sites excluding steroid dienone is 1. The van der Waals surface area contributed by atoms with Crippen LogP contribution in [0.4, 0.5) is 41.3 Å². The summed E-state index contributed by atoms with van der Waals surface area (Å²) < 4.78 is 102. The van der Waals surface area contributed by atoms with Gasteiger partial charge in [-0.05, 0) is 81.1 Å². The minimum absolute atomic E-state index is 0.147. The zero-order valence-corrected chi connectivity index (χ0v) is 33.5.